The fourth-order valence-electron chi connectivity index (χ4n) is 1.75. The first kappa shape index (κ1) is 8.62. The van der Waals surface area contributed by atoms with Crippen molar-refractivity contribution in [2.45, 2.75) is 0 Å². The Morgan fingerprint density at radius 1 is 1.00 bits per heavy atom. The maximum Gasteiger partial charge on any atom is 0.116 e. The first-order chi connectivity index (χ1) is 7.34. The number of hydrogen-bond donors (Lipinski definition) is 0. The van der Waals surface area contributed by atoms with Gasteiger partial charge in [-0.1, -0.05) is 29.8 Å². The number of fused-ring (bicyclic) bond motifs is 3. The molecule has 0 unspecified atom stereocenters. The summed E-state index contributed by atoms with van der Waals surface area (Å²) >= 11 is 5.94. The lowest BCUT2D eigenvalue weighted by molar-refractivity contribution is 1.23. The van der Waals surface area contributed by atoms with Gasteiger partial charge in [0.25, 0.3) is 0 Å². The van der Waals surface area contributed by atoms with Crippen molar-refractivity contribution < 1.29 is 0 Å². The Hall–Kier alpha value is -1.67. The van der Waals surface area contributed by atoms with E-state index >= 15 is 0 Å². The SMILES string of the molecule is Clc1ccc2c(ccc3cncnc32)c1. The average Bonchev–Trinajstić information content (AvgIpc) is 2.28. The molecule has 0 saturated heterocycles. The zero-order valence-electron chi connectivity index (χ0n) is 7.81. The average molecular weight is 215 g/mol. The van der Waals surface area contributed by atoms with Gasteiger partial charge in [-0.05, 0) is 17.5 Å². The molecule has 0 saturated carbocycles. The number of aromatic nitrogens is 2. The van der Waals surface area contributed by atoms with Crippen LogP contribution in [0.1, 0.15) is 0 Å². The second kappa shape index (κ2) is 3.17. The molecule has 0 aliphatic carbocycles. The van der Waals surface area contributed by atoms with E-state index in [9.17, 15) is 0 Å². The van der Waals surface area contributed by atoms with E-state index in [2.05, 4.69) is 9.97 Å². The maximum atomic E-state index is 5.94. The van der Waals surface area contributed by atoms with Gasteiger partial charge in [0.2, 0.25) is 0 Å². The molecule has 2 aromatic carbocycles. The van der Waals surface area contributed by atoms with Crippen LogP contribution in [0.25, 0.3) is 21.7 Å². The minimum Gasteiger partial charge on any atom is -0.244 e. The Bertz CT molecular complexity index is 649. The lowest BCUT2D eigenvalue weighted by Gasteiger charge is -2.02. The predicted octanol–water partition coefficient (Wildman–Crippen LogP) is 3.44. The zero-order chi connectivity index (χ0) is 10.3. The van der Waals surface area contributed by atoms with Gasteiger partial charge in [-0.25, -0.2) is 9.97 Å². The second-order valence-corrected chi connectivity index (χ2v) is 3.83. The van der Waals surface area contributed by atoms with Gasteiger partial charge in [-0.3, -0.25) is 0 Å². The van der Waals surface area contributed by atoms with E-state index in [1.807, 2.05) is 36.5 Å². The van der Waals surface area contributed by atoms with Gasteiger partial charge < -0.3 is 0 Å². The van der Waals surface area contributed by atoms with E-state index in [-0.39, 0.29) is 0 Å². The number of rotatable bonds is 0. The summed E-state index contributed by atoms with van der Waals surface area (Å²) in [5.41, 5.74) is 0.971. The summed E-state index contributed by atoms with van der Waals surface area (Å²) in [7, 11) is 0. The Kier molecular flexibility index (Phi) is 1.82. The molecule has 1 aromatic heterocycles. The van der Waals surface area contributed by atoms with E-state index < -0.39 is 0 Å². The van der Waals surface area contributed by atoms with Crippen molar-refractivity contribution >= 4 is 33.3 Å². The molecule has 3 rings (SSSR count). The Morgan fingerprint density at radius 2 is 1.87 bits per heavy atom. The van der Waals surface area contributed by atoms with E-state index in [1.54, 1.807) is 6.33 Å². The van der Waals surface area contributed by atoms with Crippen LogP contribution in [0.2, 0.25) is 5.02 Å². The lowest BCUT2D eigenvalue weighted by Crippen LogP contribution is -1.83. The quantitative estimate of drug-likeness (QED) is 0.536. The van der Waals surface area contributed by atoms with Crippen LogP contribution in [-0.2, 0) is 0 Å². The standard InChI is InChI=1S/C12H7ClN2/c13-10-3-4-11-8(5-10)1-2-9-6-14-7-15-12(9)11/h1-7H. The molecule has 15 heavy (non-hydrogen) atoms. The number of hydrogen-bond acceptors (Lipinski definition) is 2. The summed E-state index contributed by atoms with van der Waals surface area (Å²) in [5.74, 6) is 0. The highest BCUT2D eigenvalue weighted by atomic mass is 35.5. The summed E-state index contributed by atoms with van der Waals surface area (Å²) < 4.78 is 0. The third kappa shape index (κ3) is 1.34. The summed E-state index contributed by atoms with van der Waals surface area (Å²) in [6, 6.07) is 9.86. The molecular formula is C12H7ClN2. The van der Waals surface area contributed by atoms with Crippen molar-refractivity contribution in [2.24, 2.45) is 0 Å². The molecule has 0 bridgehead atoms. The highest BCUT2D eigenvalue weighted by molar-refractivity contribution is 6.31. The molecule has 0 amide bonds. The minimum absolute atomic E-state index is 0.746. The van der Waals surface area contributed by atoms with Crippen molar-refractivity contribution in [1.82, 2.24) is 9.97 Å². The first-order valence-corrected chi connectivity index (χ1v) is 5.00. The van der Waals surface area contributed by atoms with Crippen molar-refractivity contribution in [3.63, 3.8) is 0 Å². The fraction of sp³-hybridized carbons (Fsp3) is 0. The van der Waals surface area contributed by atoms with Crippen LogP contribution in [-0.4, -0.2) is 9.97 Å². The van der Waals surface area contributed by atoms with Crippen molar-refractivity contribution in [1.29, 1.82) is 0 Å². The van der Waals surface area contributed by atoms with Gasteiger partial charge in [0, 0.05) is 22.0 Å². The molecule has 3 heteroatoms. The van der Waals surface area contributed by atoms with Crippen molar-refractivity contribution in [3.05, 3.63) is 47.9 Å². The molecule has 0 radical (unpaired) electrons. The largest absolute Gasteiger partial charge is 0.244 e. The van der Waals surface area contributed by atoms with E-state index in [0.717, 1.165) is 26.7 Å². The van der Waals surface area contributed by atoms with Gasteiger partial charge >= 0.3 is 0 Å². The molecule has 3 aromatic rings. The van der Waals surface area contributed by atoms with Crippen molar-refractivity contribution in [3.8, 4) is 0 Å². The molecule has 1 heterocycles. The Morgan fingerprint density at radius 3 is 2.80 bits per heavy atom. The van der Waals surface area contributed by atoms with Gasteiger partial charge in [-0.15, -0.1) is 0 Å². The molecule has 72 valence electrons. The number of benzene rings is 2. The third-order valence-electron chi connectivity index (χ3n) is 2.45. The van der Waals surface area contributed by atoms with Crippen LogP contribution in [0.15, 0.2) is 42.9 Å². The van der Waals surface area contributed by atoms with Gasteiger partial charge in [0.15, 0.2) is 0 Å². The van der Waals surface area contributed by atoms with Crippen LogP contribution in [0, 0.1) is 0 Å². The molecule has 0 N–H and O–H groups in total. The zero-order valence-corrected chi connectivity index (χ0v) is 8.57. The van der Waals surface area contributed by atoms with Crippen LogP contribution < -0.4 is 0 Å². The number of halogens is 1. The molecule has 0 spiro atoms. The first-order valence-electron chi connectivity index (χ1n) is 4.62. The minimum atomic E-state index is 0.746. The van der Waals surface area contributed by atoms with E-state index in [4.69, 9.17) is 11.6 Å². The topological polar surface area (TPSA) is 25.8 Å². The highest BCUT2D eigenvalue weighted by Crippen LogP contribution is 2.25. The summed E-state index contributed by atoms with van der Waals surface area (Å²) in [4.78, 5) is 8.28. The highest BCUT2D eigenvalue weighted by Gasteiger charge is 2.01. The Balaban J connectivity index is 2.55. The molecule has 0 fully saturated rings. The van der Waals surface area contributed by atoms with Crippen molar-refractivity contribution in [2.75, 3.05) is 0 Å². The molecule has 0 aliphatic heterocycles. The smallest absolute Gasteiger partial charge is 0.116 e. The van der Waals surface area contributed by atoms with Crippen LogP contribution in [0.3, 0.4) is 0 Å². The van der Waals surface area contributed by atoms with E-state index in [1.165, 1.54) is 0 Å². The van der Waals surface area contributed by atoms with E-state index in [0.29, 0.717) is 0 Å². The third-order valence-corrected chi connectivity index (χ3v) is 2.69. The maximum absolute atomic E-state index is 5.94. The summed E-state index contributed by atoms with van der Waals surface area (Å²) in [6.45, 7) is 0. The molecular weight excluding hydrogens is 208 g/mol. The van der Waals surface area contributed by atoms with Crippen LogP contribution >= 0.6 is 11.6 Å². The lowest BCUT2D eigenvalue weighted by atomic mass is 10.1. The monoisotopic (exact) mass is 214 g/mol. The molecule has 2 nitrogen and oxygen atoms in total. The fourth-order valence-corrected chi connectivity index (χ4v) is 1.93. The number of nitrogens with zero attached hydrogens (tertiary/aromatic N) is 2. The molecule has 0 atom stereocenters. The van der Waals surface area contributed by atoms with Crippen LogP contribution in [0.4, 0.5) is 0 Å². The summed E-state index contributed by atoms with van der Waals surface area (Å²) in [5, 5.41) is 4.01. The molecule has 0 aliphatic rings. The van der Waals surface area contributed by atoms with Gasteiger partial charge in [-0.2, -0.15) is 0 Å². The van der Waals surface area contributed by atoms with Crippen LogP contribution in [0.5, 0.6) is 0 Å². The van der Waals surface area contributed by atoms with Gasteiger partial charge in [0.05, 0.1) is 5.52 Å². The normalized spacial score (nSPS) is 11.0. The Labute approximate surface area is 91.5 Å². The summed E-state index contributed by atoms with van der Waals surface area (Å²) in [6.07, 6.45) is 3.38. The predicted molar refractivity (Wildman–Crippen MR) is 62.1 cm³/mol. The van der Waals surface area contributed by atoms with Gasteiger partial charge in [0.1, 0.15) is 6.33 Å². The second-order valence-electron chi connectivity index (χ2n) is 3.39.